The van der Waals surface area contributed by atoms with Gasteiger partial charge in [0.2, 0.25) is 5.91 Å². The minimum absolute atomic E-state index is 0.0420. The predicted molar refractivity (Wildman–Crippen MR) is 122 cm³/mol. The molecule has 0 saturated heterocycles. The number of aromatic amines is 1. The zero-order valence-electron chi connectivity index (χ0n) is 16.4. The number of nitrogens with one attached hydrogen (secondary N) is 2. The average Bonchev–Trinajstić information content (AvgIpc) is 3.59. The van der Waals surface area contributed by atoms with Crippen molar-refractivity contribution in [1.29, 1.82) is 0 Å². The topological polar surface area (TPSA) is 88.7 Å². The van der Waals surface area contributed by atoms with Gasteiger partial charge in [0.1, 0.15) is 5.76 Å². The summed E-state index contributed by atoms with van der Waals surface area (Å²) in [5, 5.41) is 15.5. The van der Waals surface area contributed by atoms with Crippen molar-refractivity contribution in [3.8, 4) is 11.4 Å². The maximum Gasteiger partial charge on any atom is 0.230 e. The maximum absolute atomic E-state index is 12.3. The molecule has 0 bridgehead atoms. The Labute approximate surface area is 186 Å². The number of benzene rings is 1. The molecule has 31 heavy (non-hydrogen) atoms. The summed E-state index contributed by atoms with van der Waals surface area (Å²) in [5.41, 5.74) is 2.00. The minimum Gasteiger partial charge on any atom is -0.467 e. The third-order valence-electron chi connectivity index (χ3n) is 4.81. The van der Waals surface area contributed by atoms with E-state index in [-0.39, 0.29) is 11.7 Å². The van der Waals surface area contributed by atoms with Gasteiger partial charge in [-0.05, 0) is 29.6 Å². The van der Waals surface area contributed by atoms with Gasteiger partial charge in [-0.25, -0.2) is 0 Å². The third-order valence-corrected chi connectivity index (χ3v) is 6.66. The monoisotopic (exact) mass is 449 g/mol. The molecular formula is C22H19N5O2S2. The van der Waals surface area contributed by atoms with Crippen LogP contribution in [0.2, 0.25) is 0 Å². The van der Waals surface area contributed by atoms with Crippen molar-refractivity contribution < 1.29 is 9.21 Å². The number of carbonyl (C=O) groups excluding carboxylic acids is 1. The first kappa shape index (κ1) is 19.7. The lowest BCUT2D eigenvalue weighted by Gasteiger charge is -2.08. The number of hydrogen-bond donors (Lipinski definition) is 2. The molecular weight excluding hydrogens is 430 g/mol. The molecule has 1 aromatic carbocycles. The summed E-state index contributed by atoms with van der Waals surface area (Å²) in [4.78, 5) is 16.8. The van der Waals surface area contributed by atoms with Crippen LogP contribution in [0, 0.1) is 0 Å². The van der Waals surface area contributed by atoms with Gasteiger partial charge in [0.15, 0.2) is 11.0 Å². The van der Waals surface area contributed by atoms with E-state index in [1.165, 1.54) is 11.8 Å². The summed E-state index contributed by atoms with van der Waals surface area (Å²) < 4.78 is 7.55. The van der Waals surface area contributed by atoms with Crippen LogP contribution in [0.15, 0.2) is 75.9 Å². The number of furan rings is 1. The molecule has 156 valence electrons. The second kappa shape index (κ2) is 8.83. The van der Waals surface area contributed by atoms with Crippen molar-refractivity contribution in [2.24, 2.45) is 0 Å². The van der Waals surface area contributed by atoms with Crippen LogP contribution in [0.1, 0.15) is 10.6 Å². The van der Waals surface area contributed by atoms with E-state index in [2.05, 4.69) is 26.6 Å². The standard InChI is InChI=1S/C22H19N5O2S2/c28-20(24-11-16-6-4-10-30-16)14-31-22-26-25-21(27(22)13-15-5-3-9-29-15)18-12-23-19-8-2-1-7-17(18)19/h1-10,12,23H,11,13-14H2,(H,24,28). The van der Waals surface area contributed by atoms with Crippen LogP contribution in [-0.4, -0.2) is 31.4 Å². The minimum atomic E-state index is -0.0420. The van der Waals surface area contributed by atoms with Crippen molar-refractivity contribution in [2.75, 3.05) is 5.75 Å². The Morgan fingerprint density at radius 3 is 2.94 bits per heavy atom. The lowest BCUT2D eigenvalue weighted by Crippen LogP contribution is -2.24. The van der Waals surface area contributed by atoms with Crippen LogP contribution in [0.4, 0.5) is 0 Å². The molecule has 1 amide bonds. The van der Waals surface area contributed by atoms with Crippen LogP contribution in [0.5, 0.6) is 0 Å². The highest BCUT2D eigenvalue weighted by atomic mass is 32.2. The summed E-state index contributed by atoms with van der Waals surface area (Å²) in [6.07, 6.45) is 3.59. The molecule has 5 rings (SSSR count). The van der Waals surface area contributed by atoms with Crippen molar-refractivity contribution in [3.05, 3.63) is 77.0 Å². The maximum atomic E-state index is 12.3. The number of fused-ring (bicyclic) bond motifs is 1. The van der Waals surface area contributed by atoms with Crippen LogP contribution < -0.4 is 5.32 Å². The van der Waals surface area contributed by atoms with E-state index in [4.69, 9.17) is 4.42 Å². The molecule has 0 atom stereocenters. The molecule has 2 N–H and O–H groups in total. The number of para-hydroxylation sites is 1. The fourth-order valence-electron chi connectivity index (χ4n) is 3.33. The van der Waals surface area contributed by atoms with Gasteiger partial charge in [-0.2, -0.15) is 0 Å². The first-order valence-electron chi connectivity index (χ1n) is 9.72. The summed E-state index contributed by atoms with van der Waals surface area (Å²) >= 11 is 2.99. The van der Waals surface area contributed by atoms with Gasteiger partial charge >= 0.3 is 0 Å². The molecule has 0 aliphatic rings. The molecule has 0 saturated carbocycles. The van der Waals surface area contributed by atoms with E-state index in [9.17, 15) is 4.79 Å². The Kier molecular flexibility index (Phi) is 5.59. The zero-order chi connectivity index (χ0) is 21.0. The van der Waals surface area contributed by atoms with Gasteiger partial charge in [-0.1, -0.05) is 36.0 Å². The molecule has 4 heterocycles. The van der Waals surface area contributed by atoms with Gasteiger partial charge in [-0.15, -0.1) is 21.5 Å². The Hall–Kier alpha value is -3.30. The Morgan fingerprint density at radius 1 is 1.16 bits per heavy atom. The van der Waals surface area contributed by atoms with Crippen LogP contribution in [0.3, 0.4) is 0 Å². The van der Waals surface area contributed by atoms with Crippen molar-refractivity contribution in [2.45, 2.75) is 18.2 Å². The lowest BCUT2D eigenvalue weighted by molar-refractivity contribution is -0.118. The highest BCUT2D eigenvalue weighted by molar-refractivity contribution is 7.99. The van der Waals surface area contributed by atoms with E-state index in [1.807, 2.05) is 58.6 Å². The van der Waals surface area contributed by atoms with Gasteiger partial charge in [0.05, 0.1) is 25.1 Å². The average molecular weight is 450 g/mol. The zero-order valence-corrected chi connectivity index (χ0v) is 18.1. The van der Waals surface area contributed by atoms with E-state index in [1.54, 1.807) is 17.6 Å². The number of rotatable bonds is 8. The summed E-state index contributed by atoms with van der Waals surface area (Å²) in [6.45, 7) is 1.02. The first-order chi connectivity index (χ1) is 15.3. The predicted octanol–water partition coefficient (Wildman–Crippen LogP) is 4.54. The van der Waals surface area contributed by atoms with Crippen molar-refractivity contribution in [3.63, 3.8) is 0 Å². The van der Waals surface area contributed by atoms with Crippen LogP contribution >= 0.6 is 23.1 Å². The second-order valence-corrected chi connectivity index (χ2v) is 8.84. The van der Waals surface area contributed by atoms with Crippen LogP contribution in [0.25, 0.3) is 22.3 Å². The Bertz CT molecular complexity index is 1290. The molecule has 7 nitrogen and oxygen atoms in total. The Morgan fingerprint density at radius 2 is 2.10 bits per heavy atom. The number of carbonyl (C=O) groups is 1. The van der Waals surface area contributed by atoms with Crippen molar-refractivity contribution in [1.82, 2.24) is 25.1 Å². The fraction of sp³-hybridized carbons (Fsp3) is 0.136. The highest BCUT2D eigenvalue weighted by Gasteiger charge is 2.19. The van der Waals surface area contributed by atoms with E-state index in [0.717, 1.165) is 32.9 Å². The SMILES string of the molecule is O=C(CSc1nnc(-c2c[nH]c3ccccc23)n1Cc1ccco1)NCc1cccs1. The van der Waals surface area contributed by atoms with E-state index < -0.39 is 0 Å². The number of hydrogen-bond acceptors (Lipinski definition) is 6. The summed E-state index contributed by atoms with van der Waals surface area (Å²) in [6, 6.07) is 15.8. The number of H-pyrrole nitrogens is 1. The number of thiophene rings is 1. The third kappa shape index (κ3) is 4.28. The second-order valence-electron chi connectivity index (χ2n) is 6.86. The molecule has 0 radical (unpaired) electrons. The molecule has 0 unspecified atom stereocenters. The van der Waals surface area contributed by atoms with Gasteiger partial charge in [0.25, 0.3) is 0 Å². The van der Waals surface area contributed by atoms with Gasteiger partial charge in [-0.3, -0.25) is 9.36 Å². The molecule has 0 fully saturated rings. The molecule has 0 aliphatic heterocycles. The highest BCUT2D eigenvalue weighted by Crippen LogP contribution is 2.30. The molecule has 9 heteroatoms. The van der Waals surface area contributed by atoms with Gasteiger partial charge < -0.3 is 14.7 Å². The normalized spacial score (nSPS) is 11.2. The number of nitrogens with zero attached hydrogens (tertiary/aromatic N) is 3. The first-order valence-corrected chi connectivity index (χ1v) is 11.6. The largest absolute Gasteiger partial charge is 0.467 e. The summed E-state index contributed by atoms with van der Waals surface area (Å²) in [7, 11) is 0. The molecule has 4 aromatic heterocycles. The molecule has 5 aromatic rings. The lowest BCUT2D eigenvalue weighted by atomic mass is 10.1. The Balaban J connectivity index is 1.38. The number of amides is 1. The van der Waals surface area contributed by atoms with E-state index >= 15 is 0 Å². The van der Waals surface area contributed by atoms with E-state index in [0.29, 0.717) is 18.2 Å². The number of aromatic nitrogens is 4. The quantitative estimate of drug-likeness (QED) is 0.340. The van der Waals surface area contributed by atoms with Gasteiger partial charge in [0, 0.05) is 27.5 Å². The number of thioether (sulfide) groups is 1. The molecule has 0 aliphatic carbocycles. The molecule has 0 spiro atoms. The summed E-state index contributed by atoms with van der Waals surface area (Å²) in [5.74, 6) is 1.75. The van der Waals surface area contributed by atoms with Crippen molar-refractivity contribution >= 4 is 39.9 Å². The smallest absolute Gasteiger partial charge is 0.230 e. The fourth-order valence-corrected chi connectivity index (χ4v) is 4.74. The van der Waals surface area contributed by atoms with Crippen LogP contribution in [-0.2, 0) is 17.9 Å².